The fourth-order valence-corrected chi connectivity index (χ4v) is 3.25. The van der Waals surface area contributed by atoms with E-state index in [4.69, 9.17) is 9.47 Å². The molecule has 0 aliphatic carbocycles. The van der Waals surface area contributed by atoms with Gasteiger partial charge in [0.15, 0.2) is 0 Å². The van der Waals surface area contributed by atoms with Gasteiger partial charge in [0.25, 0.3) is 0 Å². The van der Waals surface area contributed by atoms with Crippen LogP contribution in [0.1, 0.15) is 11.1 Å². The van der Waals surface area contributed by atoms with Crippen LogP contribution in [0.25, 0.3) is 0 Å². The van der Waals surface area contributed by atoms with Crippen LogP contribution in [0.4, 0.5) is 0 Å². The highest BCUT2D eigenvalue weighted by molar-refractivity contribution is 7.72. The van der Waals surface area contributed by atoms with E-state index in [-0.39, 0.29) is 0 Å². The molecular weight excluding hydrogens is 267 g/mol. The van der Waals surface area contributed by atoms with E-state index in [9.17, 15) is 0 Å². The van der Waals surface area contributed by atoms with Crippen molar-refractivity contribution in [2.24, 2.45) is 0 Å². The number of hydrogen-bond acceptors (Lipinski definition) is 2. The molecule has 0 atom stereocenters. The van der Waals surface area contributed by atoms with E-state index in [0.29, 0.717) is 12.7 Å². The van der Waals surface area contributed by atoms with Gasteiger partial charge < -0.3 is 9.47 Å². The highest BCUT2D eigenvalue weighted by atomic mass is 31.2. The molecule has 1 aliphatic rings. The first kappa shape index (κ1) is 13.3. The summed E-state index contributed by atoms with van der Waals surface area (Å²) in [5, 5.41) is 0. The van der Waals surface area contributed by atoms with Crippen molar-refractivity contribution < 1.29 is 9.47 Å². The second-order valence-electron chi connectivity index (χ2n) is 5.56. The molecule has 2 aromatic carbocycles. The highest BCUT2D eigenvalue weighted by Gasteiger charge is 2.16. The fourth-order valence-electron chi connectivity index (χ4n) is 2.27. The Labute approximate surface area is 120 Å². The van der Waals surface area contributed by atoms with Gasteiger partial charge in [-0.3, -0.25) is 0 Å². The summed E-state index contributed by atoms with van der Waals surface area (Å²) in [6.07, 6.45) is 6.46. The van der Waals surface area contributed by atoms with E-state index in [0.717, 1.165) is 17.9 Å². The summed E-state index contributed by atoms with van der Waals surface area (Å²) >= 11 is 0. The van der Waals surface area contributed by atoms with Crippen molar-refractivity contribution in [1.29, 1.82) is 0 Å². The van der Waals surface area contributed by atoms with Crippen LogP contribution in [0.2, 0.25) is 0 Å². The van der Waals surface area contributed by atoms with Gasteiger partial charge in [0, 0.05) is 6.42 Å². The molecule has 0 aromatic heterocycles. The zero-order valence-electron chi connectivity index (χ0n) is 11.7. The molecular formula is C17H19O2P. The third-order valence-electron chi connectivity index (χ3n) is 3.39. The van der Waals surface area contributed by atoms with Crippen molar-refractivity contribution in [1.82, 2.24) is 0 Å². The van der Waals surface area contributed by atoms with Gasteiger partial charge in [-0.15, -0.1) is 0 Å². The van der Waals surface area contributed by atoms with Crippen molar-refractivity contribution in [3.8, 4) is 11.5 Å². The maximum Gasteiger partial charge on any atom is 0.123 e. The molecule has 0 saturated heterocycles. The largest absolute Gasteiger partial charge is 0.489 e. The van der Waals surface area contributed by atoms with Gasteiger partial charge in [-0.05, 0) is 36.8 Å². The van der Waals surface area contributed by atoms with Gasteiger partial charge >= 0.3 is 0 Å². The summed E-state index contributed by atoms with van der Waals surface area (Å²) in [5.41, 5.74) is 2.40. The van der Waals surface area contributed by atoms with Gasteiger partial charge in [0.1, 0.15) is 24.2 Å². The average Bonchev–Trinajstić information content (AvgIpc) is 2.45. The summed E-state index contributed by atoms with van der Waals surface area (Å²) in [4.78, 5) is 0. The van der Waals surface area contributed by atoms with Crippen LogP contribution in [0.15, 0.2) is 48.5 Å². The lowest BCUT2D eigenvalue weighted by molar-refractivity contribution is 0.356. The number of fused-ring (bicyclic) bond motifs is 2. The third kappa shape index (κ3) is 2.91. The number of para-hydroxylation sites is 2. The molecule has 0 fully saturated rings. The van der Waals surface area contributed by atoms with Gasteiger partial charge in [-0.1, -0.05) is 42.7 Å². The maximum atomic E-state index is 6.00. The van der Waals surface area contributed by atoms with Gasteiger partial charge in [0.2, 0.25) is 0 Å². The molecule has 104 valence electrons. The molecule has 2 aromatic rings. The van der Waals surface area contributed by atoms with E-state index >= 15 is 0 Å². The fraction of sp³-hybridized carbons (Fsp3) is 0.235. The zero-order valence-corrected chi connectivity index (χ0v) is 12.6. The predicted molar refractivity (Wildman–Crippen MR) is 86.6 cm³/mol. The number of hydrogen-bond donors (Lipinski definition) is 0. The lowest BCUT2D eigenvalue weighted by atomic mass is 10.0. The SMILES string of the molecule is C=P1(C)COc2ccccc2Cc2ccccc2OC1. The summed E-state index contributed by atoms with van der Waals surface area (Å²) < 4.78 is 12.0. The molecule has 1 heterocycles. The normalized spacial score (nSPS) is 17.1. The summed E-state index contributed by atoms with van der Waals surface area (Å²) in [6.45, 7) is 0.706. The van der Waals surface area contributed by atoms with E-state index in [1.165, 1.54) is 11.1 Å². The van der Waals surface area contributed by atoms with Crippen molar-refractivity contribution >= 4 is 13.2 Å². The van der Waals surface area contributed by atoms with E-state index in [1.807, 2.05) is 24.3 Å². The van der Waals surface area contributed by atoms with Gasteiger partial charge in [-0.2, -0.15) is 0 Å². The Balaban J connectivity index is 2.06. The Morgan fingerprint density at radius 2 is 1.30 bits per heavy atom. The molecule has 0 radical (unpaired) electrons. The van der Waals surface area contributed by atoms with Crippen molar-refractivity contribution in [3.63, 3.8) is 0 Å². The Bertz CT molecular complexity index is 610. The molecule has 1 aliphatic heterocycles. The van der Waals surface area contributed by atoms with E-state index < -0.39 is 6.89 Å². The summed E-state index contributed by atoms with van der Waals surface area (Å²) in [5.74, 6) is 1.94. The minimum Gasteiger partial charge on any atom is -0.489 e. The average molecular weight is 286 g/mol. The van der Waals surface area contributed by atoms with Crippen LogP contribution >= 0.6 is 6.89 Å². The first-order valence-electron chi connectivity index (χ1n) is 6.74. The minimum absolute atomic E-state index is 0.659. The van der Waals surface area contributed by atoms with Crippen LogP contribution in [-0.2, 0) is 6.42 Å². The first-order valence-corrected chi connectivity index (χ1v) is 9.54. The van der Waals surface area contributed by atoms with Crippen LogP contribution in [-0.4, -0.2) is 25.7 Å². The predicted octanol–water partition coefficient (Wildman–Crippen LogP) is 4.04. The van der Waals surface area contributed by atoms with Crippen LogP contribution in [0.5, 0.6) is 11.5 Å². The number of benzene rings is 2. The van der Waals surface area contributed by atoms with Crippen molar-refractivity contribution in [2.45, 2.75) is 6.42 Å². The lowest BCUT2D eigenvalue weighted by Crippen LogP contribution is -2.10. The molecule has 0 unspecified atom stereocenters. The second kappa shape index (κ2) is 5.38. The smallest absolute Gasteiger partial charge is 0.123 e. The Hall–Kier alpha value is -1.66. The first-order chi connectivity index (χ1) is 9.64. The molecule has 20 heavy (non-hydrogen) atoms. The van der Waals surface area contributed by atoms with Gasteiger partial charge in [-0.25, -0.2) is 0 Å². The quantitative estimate of drug-likeness (QED) is 0.680. The molecule has 0 amide bonds. The molecule has 2 nitrogen and oxygen atoms in total. The van der Waals surface area contributed by atoms with Crippen molar-refractivity contribution in [3.05, 3.63) is 59.7 Å². The molecule has 3 rings (SSSR count). The molecule has 0 spiro atoms. The molecule has 0 N–H and O–H groups in total. The molecule has 0 saturated carbocycles. The topological polar surface area (TPSA) is 18.5 Å². The number of rotatable bonds is 0. The van der Waals surface area contributed by atoms with E-state index in [1.54, 1.807) is 0 Å². The summed E-state index contributed by atoms with van der Waals surface area (Å²) in [7, 11) is 0. The minimum atomic E-state index is -1.46. The third-order valence-corrected chi connectivity index (χ3v) is 4.89. The lowest BCUT2D eigenvalue weighted by Gasteiger charge is -2.24. The summed E-state index contributed by atoms with van der Waals surface area (Å²) in [6, 6.07) is 16.5. The van der Waals surface area contributed by atoms with Crippen LogP contribution < -0.4 is 9.47 Å². The molecule has 3 heteroatoms. The monoisotopic (exact) mass is 286 g/mol. The van der Waals surface area contributed by atoms with Crippen LogP contribution in [0.3, 0.4) is 0 Å². The Morgan fingerprint density at radius 1 is 0.850 bits per heavy atom. The highest BCUT2D eigenvalue weighted by Crippen LogP contribution is 2.42. The Morgan fingerprint density at radius 3 is 1.80 bits per heavy atom. The van der Waals surface area contributed by atoms with Crippen LogP contribution in [0, 0.1) is 0 Å². The zero-order chi connectivity index (χ0) is 14.0. The number of ether oxygens (including phenoxy) is 2. The van der Waals surface area contributed by atoms with Crippen molar-refractivity contribution in [2.75, 3.05) is 19.4 Å². The van der Waals surface area contributed by atoms with Gasteiger partial charge in [0.05, 0.1) is 0 Å². The Kier molecular flexibility index (Phi) is 3.58. The molecule has 0 bridgehead atoms. The second-order valence-corrected chi connectivity index (χ2v) is 9.31. The standard InChI is InChI=1S/C17H19O2P/c1-20(2)12-18-16-9-5-3-7-14(16)11-15-8-4-6-10-17(15)19-13-20/h3-10H,1,11-13H2,2H3. The van der Waals surface area contributed by atoms with E-state index in [2.05, 4.69) is 37.2 Å². The maximum absolute atomic E-state index is 6.00.